The number of carbonyl (C=O) groups is 2. The van der Waals surface area contributed by atoms with Crippen molar-refractivity contribution in [2.24, 2.45) is 7.05 Å². The number of hydrogen-bond acceptors (Lipinski definition) is 7. The minimum atomic E-state index is -0.415. The van der Waals surface area contributed by atoms with Gasteiger partial charge in [-0.15, -0.1) is 21.5 Å². The van der Waals surface area contributed by atoms with E-state index < -0.39 is 5.25 Å². The molecule has 30 heavy (non-hydrogen) atoms. The van der Waals surface area contributed by atoms with Crippen LogP contribution >= 0.6 is 34.7 Å². The SMILES string of the molecule is Cc1nc(NC(=O)[C@H](C)Sc2nnc(CC(=O)Nc3ccccc3Cl)n2C)sc1C. The number of halogens is 1. The zero-order chi connectivity index (χ0) is 21.8. The summed E-state index contributed by atoms with van der Waals surface area (Å²) in [5.74, 6) is 0.0612. The molecular formula is C19H21ClN6O2S2. The minimum Gasteiger partial charge on any atom is -0.324 e. The van der Waals surface area contributed by atoms with E-state index in [1.54, 1.807) is 42.8 Å². The summed E-state index contributed by atoms with van der Waals surface area (Å²) in [6.45, 7) is 5.65. The number of hydrogen-bond donors (Lipinski definition) is 2. The number of rotatable bonds is 7. The fraction of sp³-hybridized carbons (Fsp3) is 0.316. The zero-order valence-electron chi connectivity index (χ0n) is 16.9. The summed E-state index contributed by atoms with van der Waals surface area (Å²) in [6.07, 6.45) is 0.0352. The van der Waals surface area contributed by atoms with Gasteiger partial charge in [0.1, 0.15) is 5.82 Å². The third-order valence-corrected chi connectivity index (χ3v) is 6.75. The van der Waals surface area contributed by atoms with Crippen LogP contribution in [-0.2, 0) is 23.1 Å². The molecule has 0 aliphatic carbocycles. The fourth-order valence-corrected chi connectivity index (χ4v) is 4.28. The highest BCUT2D eigenvalue weighted by Crippen LogP contribution is 2.26. The minimum absolute atomic E-state index is 0.0352. The van der Waals surface area contributed by atoms with Crippen LogP contribution in [0, 0.1) is 13.8 Å². The number of benzene rings is 1. The summed E-state index contributed by atoms with van der Waals surface area (Å²) in [6, 6.07) is 7.01. The first-order valence-electron chi connectivity index (χ1n) is 9.08. The third kappa shape index (κ3) is 5.38. The van der Waals surface area contributed by atoms with Crippen molar-refractivity contribution >= 4 is 57.3 Å². The van der Waals surface area contributed by atoms with Crippen LogP contribution in [0.3, 0.4) is 0 Å². The predicted molar refractivity (Wildman–Crippen MR) is 120 cm³/mol. The first kappa shape index (κ1) is 22.3. The van der Waals surface area contributed by atoms with Gasteiger partial charge in [-0.3, -0.25) is 9.59 Å². The Morgan fingerprint density at radius 3 is 2.63 bits per heavy atom. The number of para-hydroxylation sites is 1. The standard InChI is InChI=1S/C19H21ClN6O2S2/c1-10-11(2)29-18(21-10)23-17(28)12(3)30-19-25-24-15(26(19)4)9-16(27)22-14-8-6-5-7-13(14)20/h5-8,12H,9H2,1-4H3,(H,22,27)(H,21,23,28)/t12-/m0/s1. The van der Waals surface area contributed by atoms with Gasteiger partial charge < -0.3 is 15.2 Å². The first-order chi connectivity index (χ1) is 14.2. The molecule has 0 bridgehead atoms. The Hall–Kier alpha value is -2.43. The molecule has 2 aromatic heterocycles. The number of aryl methyl sites for hydroxylation is 2. The molecule has 3 aromatic rings. The topological polar surface area (TPSA) is 102 Å². The second-order valence-electron chi connectivity index (χ2n) is 6.57. The number of thioether (sulfide) groups is 1. The van der Waals surface area contributed by atoms with Crippen molar-refractivity contribution in [2.75, 3.05) is 10.6 Å². The van der Waals surface area contributed by atoms with Crippen molar-refractivity contribution in [3.63, 3.8) is 0 Å². The summed E-state index contributed by atoms with van der Waals surface area (Å²) in [4.78, 5) is 30.2. The molecule has 0 radical (unpaired) electrons. The van der Waals surface area contributed by atoms with Crippen molar-refractivity contribution in [1.82, 2.24) is 19.7 Å². The van der Waals surface area contributed by atoms with E-state index in [9.17, 15) is 9.59 Å². The molecule has 0 aliphatic rings. The van der Waals surface area contributed by atoms with Crippen LogP contribution in [0.25, 0.3) is 0 Å². The summed E-state index contributed by atoms with van der Waals surface area (Å²) < 4.78 is 1.71. The van der Waals surface area contributed by atoms with Gasteiger partial charge in [-0.25, -0.2) is 4.98 Å². The maximum Gasteiger partial charge on any atom is 0.239 e. The number of nitrogens with zero attached hydrogens (tertiary/aromatic N) is 4. The van der Waals surface area contributed by atoms with Crippen LogP contribution in [-0.4, -0.2) is 36.8 Å². The fourth-order valence-electron chi connectivity index (χ4n) is 2.45. The Bertz CT molecular complexity index is 1060. The van der Waals surface area contributed by atoms with Gasteiger partial charge in [0.2, 0.25) is 11.8 Å². The monoisotopic (exact) mass is 464 g/mol. The lowest BCUT2D eigenvalue weighted by molar-refractivity contribution is -0.116. The lowest BCUT2D eigenvalue weighted by Gasteiger charge is -2.10. The van der Waals surface area contributed by atoms with Gasteiger partial charge in [-0.05, 0) is 32.9 Å². The van der Waals surface area contributed by atoms with Crippen molar-refractivity contribution in [3.8, 4) is 0 Å². The molecule has 0 spiro atoms. The second kappa shape index (κ2) is 9.59. The summed E-state index contributed by atoms with van der Waals surface area (Å²) >= 11 is 8.78. The average molecular weight is 465 g/mol. The van der Waals surface area contributed by atoms with Crippen molar-refractivity contribution in [1.29, 1.82) is 0 Å². The molecule has 3 rings (SSSR count). The van der Waals surface area contributed by atoms with Crippen LogP contribution in [0.15, 0.2) is 29.4 Å². The molecule has 11 heteroatoms. The van der Waals surface area contributed by atoms with Crippen LogP contribution in [0.4, 0.5) is 10.8 Å². The lowest BCUT2D eigenvalue weighted by atomic mass is 10.3. The zero-order valence-corrected chi connectivity index (χ0v) is 19.3. The van der Waals surface area contributed by atoms with Gasteiger partial charge in [-0.2, -0.15) is 0 Å². The molecule has 0 unspecified atom stereocenters. The molecule has 2 amide bonds. The lowest BCUT2D eigenvalue weighted by Crippen LogP contribution is -2.23. The maximum atomic E-state index is 12.5. The molecule has 0 aliphatic heterocycles. The maximum absolute atomic E-state index is 12.5. The number of nitrogens with one attached hydrogen (secondary N) is 2. The Morgan fingerprint density at radius 2 is 1.97 bits per heavy atom. The Morgan fingerprint density at radius 1 is 1.23 bits per heavy atom. The first-order valence-corrected chi connectivity index (χ1v) is 11.2. The molecule has 158 valence electrons. The largest absolute Gasteiger partial charge is 0.324 e. The van der Waals surface area contributed by atoms with Gasteiger partial charge in [0.15, 0.2) is 10.3 Å². The van der Waals surface area contributed by atoms with E-state index in [0.717, 1.165) is 10.6 Å². The van der Waals surface area contributed by atoms with E-state index in [2.05, 4.69) is 25.8 Å². The summed E-state index contributed by atoms with van der Waals surface area (Å²) in [7, 11) is 1.76. The highest BCUT2D eigenvalue weighted by Gasteiger charge is 2.21. The Balaban J connectivity index is 1.59. The smallest absolute Gasteiger partial charge is 0.239 e. The van der Waals surface area contributed by atoms with E-state index in [1.807, 2.05) is 13.8 Å². The van der Waals surface area contributed by atoms with Gasteiger partial charge in [0, 0.05) is 11.9 Å². The molecule has 2 heterocycles. The molecule has 0 saturated heterocycles. The molecule has 2 N–H and O–H groups in total. The normalized spacial score (nSPS) is 11.9. The molecular weight excluding hydrogens is 444 g/mol. The van der Waals surface area contributed by atoms with Gasteiger partial charge in [0.25, 0.3) is 0 Å². The van der Waals surface area contributed by atoms with E-state index >= 15 is 0 Å². The second-order valence-corrected chi connectivity index (χ2v) is 9.49. The molecule has 8 nitrogen and oxygen atoms in total. The molecule has 0 saturated carbocycles. The van der Waals surface area contributed by atoms with Gasteiger partial charge >= 0.3 is 0 Å². The van der Waals surface area contributed by atoms with Crippen LogP contribution in [0.2, 0.25) is 5.02 Å². The number of anilines is 2. The average Bonchev–Trinajstić information content (AvgIpc) is 3.19. The molecule has 0 fully saturated rings. The number of carbonyl (C=O) groups excluding carboxylic acids is 2. The van der Waals surface area contributed by atoms with Crippen molar-refractivity contribution in [2.45, 2.75) is 37.6 Å². The Kier molecular flexibility index (Phi) is 7.11. The van der Waals surface area contributed by atoms with Gasteiger partial charge in [0.05, 0.1) is 28.1 Å². The van der Waals surface area contributed by atoms with Gasteiger partial charge in [-0.1, -0.05) is 35.5 Å². The predicted octanol–water partition coefficient (Wildman–Crippen LogP) is 3.84. The highest BCUT2D eigenvalue weighted by molar-refractivity contribution is 8.00. The number of aromatic nitrogens is 4. The van der Waals surface area contributed by atoms with Crippen LogP contribution in [0.1, 0.15) is 23.3 Å². The van der Waals surface area contributed by atoms with E-state index in [4.69, 9.17) is 11.6 Å². The van der Waals surface area contributed by atoms with Crippen LogP contribution in [0.5, 0.6) is 0 Å². The number of thiazole rings is 1. The third-order valence-electron chi connectivity index (χ3n) is 4.30. The van der Waals surface area contributed by atoms with Crippen molar-refractivity contribution < 1.29 is 9.59 Å². The summed E-state index contributed by atoms with van der Waals surface area (Å²) in [5.41, 5.74) is 1.45. The molecule has 1 aromatic carbocycles. The Labute approximate surface area is 187 Å². The van der Waals surface area contributed by atoms with E-state index in [-0.39, 0.29) is 18.2 Å². The molecule has 1 atom stereocenters. The quantitative estimate of drug-likeness (QED) is 0.515. The summed E-state index contributed by atoms with van der Waals surface area (Å²) in [5, 5.41) is 15.0. The van der Waals surface area contributed by atoms with Crippen LogP contribution < -0.4 is 10.6 Å². The van der Waals surface area contributed by atoms with E-state index in [1.165, 1.54) is 23.1 Å². The van der Waals surface area contributed by atoms with Crippen molar-refractivity contribution in [3.05, 3.63) is 45.7 Å². The highest BCUT2D eigenvalue weighted by atomic mass is 35.5. The van der Waals surface area contributed by atoms with E-state index in [0.29, 0.717) is 26.8 Å². The number of amides is 2.